The van der Waals surface area contributed by atoms with Crippen molar-refractivity contribution in [2.24, 2.45) is 11.8 Å². The Balaban J connectivity index is 1.63. The molecule has 0 spiro atoms. The molecule has 2 N–H and O–H groups in total. The van der Waals surface area contributed by atoms with Crippen LogP contribution in [0.15, 0.2) is 18.5 Å². The monoisotopic (exact) mass is 380 g/mol. The summed E-state index contributed by atoms with van der Waals surface area (Å²) in [5.74, 6) is -0.169. The van der Waals surface area contributed by atoms with Gasteiger partial charge in [-0.1, -0.05) is 13.3 Å². The van der Waals surface area contributed by atoms with Crippen molar-refractivity contribution in [3.8, 4) is 0 Å². The number of aromatic nitrogens is 5. The van der Waals surface area contributed by atoms with E-state index in [0.29, 0.717) is 24.1 Å². The fourth-order valence-corrected chi connectivity index (χ4v) is 4.08. The molecule has 0 radical (unpaired) electrons. The number of carbonyl (C=O) groups is 1. The number of aromatic amines is 1. The smallest absolute Gasteiger partial charge is 0.347 e. The van der Waals surface area contributed by atoms with Gasteiger partial charge in [0.2, 0.25) is 5.91 Å². The summed E-state index contributed by atoms with van der Waals surface area (Å²) < 4.78 is 39.1. The molecule has 7 nitrogen and oxygen atoms in total. The van der Waals surface area contributed by atoms with E-state index in [4.69, 9.17) is 0 Å². The number of carbonyl (C=O) groups excluding carboxylic acids is 1. The standard InChI is InChI=1S/C17H19F3N6O/c1-2-9-5-10(16(27)23-8-17(18,19)20)6-11(9)15-25-24-13-7-22-14-12(26(13)15)3-4-21-14/h3-4,7,9-11,21H,2,5-6,8H2,1H3,(H,23,27)/t9-,10-,11+/m1/s1. The van der Waals surface area contributed by atoms with Crippen LogP contribution in [-0.4, -0.2) is 43.2 Å². The highest BCUT2D eigenvalue weighted by molar-refractivity contribution is 5.79. The average Bonchev–Trinajstić information content (AvgIpc) is 3.33. The molecule has 1 aliphatic carbocycles. The van der Waals surface area contributed by atoms with E-state index in [0.717, 1.165) is 17.8 Å². The quantitative estimate of drug-likeness (QED) is 0.729. The molecule has 0 aliphatic heterocycles. The molecule has 0 aromatic carbocycles. The van der Waals surface area contributed by atoms with E-state index < -0.39 is 24.5 Å². The number of hydrogen-bond acceptors (Lipinski definition) is 4. The van der Waals surface area contributed by atoms with Crippen LogP contribution in [-0.2, 0) is 4.79 Å². The molecule has 1 fully saturated rings. The first kappa shape index (κ1) is 17.7. The van der Waals surface area contributed by atoms with Crippen molar-refractivity contribution < 1.29 is 18.0 Å². The van der Waals surface area contributed by atoms with Crippen molar-refractivity contribution >= 4 is 22.7 Å². The lowest BCUT2D eigenvalue weighted by molar-refractivity contribution is -0.140. The van der Waals surface area contributed by atoms with Crippen LogP contribution in [0.1, 0.15) is 37.9 Å². The molecular weight excluding hydrogens is 361 g/mol. The van der Waals surface area contributed by atoms with E-state index in [1.807, 2.05) is 22.7 Å². The van der Waals surface area contributed by atoms with Crippen LogP contribution in [0, 0.1) is 11.8 Å². The molecule has 4 rings (SSSR count). The summed E-state index contributed by atoms with van der Waals surface area (Å²) in [5, 5.41) is 10.5. The number of fused-ring (bicyclic) bond motifs is 3. The van der Waals surface area contributed by atoms with Crippen LogP contribution in [0.5, 0.6) is 0 Å². The Kier molecular flexibility index (Phi) is 4.27. The molecule has 1 aliphatic rings. The minimum atomic E-state index is -4.41. The molecule has 3 heterocycles. The van der Waals surface area contributed by atoms with Crippen LogP contribution >= 0.6 is 0 Å². The molecular formula is C17H19F3N6O. The topological polar surface area (TPSA) is 88.0 Å². The Labute approximate surface area is 152 Å². The molecule has 0 unspecified atom stereocenters. The Hall–Kier alpha value is -2.65. The molecule has 27 heavy (non-hydrogen) atoms. The second-order valence-electron chi connectivity index (χ2n) is 7.00. The van der Waals surface area contributed by atoms with Gasteiger partial charge in [0.1, 0.15) is 12.4 Å². The number of alkyl halides is 3. The summed E-state index contributed by atoms with van der Waals surface area (Å²) in [6, 6.07) is 1.88. The van der Waals surface area contributed by atoms with Gasteiger partial charge in [0.25, 0.3) is 0 Å². The fraction of sp³-hybridized carbons (Fsp3) is 0.529. The van der Waals surface area contributed by atoms with Gasteiger partial charge < -0.3 is 10.3 Å². The lowest BCUT2D eigenvalue weighted by Gasteiger charge is -2.16. The first-order chi connectivity index (χ1) is 12.9. The summed E-state index contributed by atoms with van der Waals surface area (Å²) in [6.07, 6.45) is 0.801. The van der Waals surface area contributed by atoms with E-state index in [2.05, 4.69) is 20.2 Å². The highest BCUT2D eigenvalue weighted by atomic mass is 19.4. The van der Waals surface area contributed by atoms with E-state index in [9.17, 15) is 18.0 Å². The number of H-pyrrole nitrogens is 1. The molecule has 3 aromatic heterocycles. The zero-order valence-electron chi connectivity index (χ0n) is 14.6. The van der Waals surface area contributed by atoms with Gasteiger partial charge >= 0.3 is 6.18 Å². The third-order valence-electron chi connectivity index (χ3n) is 5.35. The number of halogens is 3. The van der Waals surface area contributed by atoms with Crippen LogP contribution in [0.25, 0.3) is 16.8 Å². The molecule has 144 valence electrons. The summed E-state index contributed by atoms with van der Waals surface area (Å²) in [5.41, 5.74) is 2.15. The zero-order valence-corrected chi connectivity index (χ0v) is 14.6. The molecule has 0 bridgehead atoms. The predicted octanol–water partition coefficient (Wildman–Crippen LogP) is 2.80. The Morgan fingerprint density at radius 3 is 2.93 bits per heavy atom. The Morgan fingerprint density at radius 1 is 1.37 bits per heavy atom. The number of amides is 1. The molecule has 10 heteroatoms. The summed E-state index contributed by atoms with van der Waals surface area (Å²) in [7, 11) is 0. The number of hydrogen-bond donors (Lipinski definition) is 2. The minimum absolute atomic E-state index is 0.0489. The van der Waals surface area contributed by atoms with Gasteiger partial charge in [-0.25, -0.2) is 4.98 Å². The van der Waals surface area contributed by atoms with E-state index >= 15 is 0 Å². The zero-order chi connectivity index (χ0) is 19.2. The lowest BCUT2D eigenvalue weighted by atomic mass is 9.93. The van der Waals surface area contributed by atoms with Gasteiger partial charge in [-0.05, 0) is 24.8 Å². The second kappa shape index (κ2) is 6.50. The normalized spacial score (nSPS) is 23.3. The summed E-state index contributed by atoms with van der Waals surface area (Å²) in [6.45, 7) is 0.720. The van der Waals surface area contributed by atoms with Gasteiger partial charge in [-0.3, -0.25) is 9.20 Å². The van der Waals surface area contributed by atoms with Crippen LogP contribution in [0.4, 0.5) is 13.2 Å². The van der Waals surface area contributed by atoms with Gasteiger partial charge in [-0.2, -0.15) is 13.2 Å². The SMILES string of the molecule is CC[C@@H]1C[C@@H](C(=O)NCC(F)(F)F)C[C@@H]1c1nnc2cnc3[nH]ccc3n12. The number of rotatable bonds is 4. The highest BCUT2D eigenvalue weighted by Gasteiger charge is 2.41. The molecule has 1 saturated carbocycles. The van der Waals surface area contributed by atoms with E-state index in [1.165, 1.54) is 0 Å². The van der Waals surface area contributed by atoms with E-state index in [1.54, 1.807) is 12.4 Å². The van der Waals surface area contributed by atoms with Crippen molar-refractivity contribution in [2.45, 2.75) is 38.3 Å². The lowest BCUT2D eigenvalue weighted by Crippen LogP contribution is -2.37. The van der Waals surface area contributed by atoms with Crippen molar-refractivity contribution in [3.05, 3.63) is 24.3 Å². The van der Waals surface area contributed by atoms with Gasteiger partial charge in [-0.15, -0.1) is 10.2 Å². The third-order valence-corrected chi connectivity index (χ3v) is 5.35. The maximum Gasteiger partial charge on any atom is 0.405 e. The highest BCUT2D eigenvalue weighted by Crippen LogP contribution is 2.44. The average molecular weight is 380 g/mol. The van der Waals surface area contributed by atoms with Crippen molar-refractivity contribution in [2.75, 3.05) is 6.54 Å². The molecule has 3 aromatic rings. The van der Waals surface area contributed by atoms with Crippen molar-refractivity contribution in [1.29, 1.82) is 0 Å². The maximum atomic E-state index is 12.4. The van der Waals surface area contributed by atoms with E-state index in [-0.39, 0.29) is 11.8 Å². The number of nitrogens with zero attached hydrogens (tertiary/aromatic N) is 4. The number of nitrogens with one attached hydrogen (secondary N) is 2. The van der Waals surface area contributed by atoms with Crippen LogP contribution < -0.4 is 5.32 Å². The third kappa shape index (κ3) is 3.24. The first-order valence-electron chi connectivity index (χ1n) is 8.89. The van der Waals surface area contributed by atoms with Gasteiger partial charge in [0.05, 0.1) is 11.7 Å². The largest absolute Gasteiger partial charge is 0.405 e. The Bertz CT molecular complexity index is 978. The molecule has 1 amide bonds. The molecule has 0 saturated heterocycles. The van der Waals surface area contributed by atoms with Crippen molar-refractivity contribution in [1.82, 2.24) is 29.9 Å². The predicted molar refractivity (Wildman–Crippen MR) is 90.9 cm³/mol. The fourth-order valence-electron chi connectivity index (χ4n) is 4.08. The van der Waals surface area contributed by atoms with Crippen molar-refractivity contribution in [3.63, 3.8) is 0 Å². The van der Waals surface area contributed by atoms with Gasteiger partial charge in [0.15, 0.2) is 11.3 Å². The second-order valence-corrected chi connectivity index (χ2v) is 7.00. The first-order valence-corrected chi connectivity index (χ1v) is 8.89. The Morgan fingerprint density at radius 2 is 2.19 bits per heavy atom. The van der Waals surface area contributed by atoms with Crippen LogP contribution in [0.2, 0.25) is 0 Å². The maximum absolute atomic E-state index is 12.4. The minimum Gasteiger partial charge on any atom is -0.347 e. The summed E-state index contributed by atoms with van der Waals surface area (Å²) in [4.78, 5) is 19.6. The molecule has 3 atom stereocenters. The van der Waals surface area contributed by atoms with Crippen LogP contribution in [0.3, 0.4) is 0 Å². The summed E-state index contributed by atoms with van der Waals surface area (Å²) >= 11 is 0. The van der Waals surface area contributed by atoms with Gasteiger partial charge in [0, 0.05) is 18.0 Å².